The van der Waals surface area contributed by atoms with E-state index in [1.807, 2.05) is 18.2 Å². The van der Waals surface area contributed by atoms with Gasteiger partial charge in [0.2, 0.25) is 0 Å². The van der Waals surface area contributed by atoms with E-state index in [1.54, 1.807) is 0 Å². The molecular weight excluding hydrogens is 292 g/mol. The Morgan fingerprint density at radius 2 is 2.25 bits per heavy atom. The van der Waals surface area contributed by atoms with E-state index < -0.39 is 9.84 Å². The first-order chi connectivity index (χ1) is 7.55. The maximum atomic E-state index is 11.4. The Balaban J connectivity index is 2.05. The van der Waals surface area contributed by atoms with Crippen molar-refractivity contribution in [3.8, 4) is 0 Å². The molecule has 2 rings (SSSR count). The molecule has 4 nitrogen and oxygen atoms in total. The van der Waals surface area contributed by atoms with Gasteiger partial charge in [0.05, 0.1) is 11.5 Å². The van der Waals surface area contributed by atoms with Crippen LogP contribution in [-0.2, 0) is 9.84 Å². The molecule has 0 bridgehead atoms. The van der Waals surface area contributed by atoms with Gasteiger partial charge >= 0.3 is 0 Å². The molecule has 0 aromatic carbocycles. The van der Waals surface area contributed by atoms with Gasteiger partial charge in [0.1, 0.15) is 10.4 Å². The average molecular weight is 305 g/mol. The minimum Gasteiger partial charge on any atom is -0.366 e. The first-order valence-corrected chi connectivity index (χ1v) is 7.76. The molecule has 0 spiro atoms. The Kier molecular flexibility index (Phi) is 3.49. The summed E-state index contributed by atoms with van der Waals surface area (Å²) in [5, 5.41) is 3.16. The molecular formula is C10H13BrN2O2S. The number of rotatable bonds is 2. The van der Waals surface area contributed by atoms with Crippen molar-refractivity contribution >= 4 is 31.6 Å². The van der Waals surface area contributed by atoms with Crippen LogP contribution < -0.4 is 5.32 Å². The van der Waals surface area contributed by atoms with Gasteiger partial charge in [-0.15, -0.1) is 0 Å². The predicted octanol–water partition coefficient (Wildman–Crippen LogP) is 1.83. The van der Waals surface area contributed by atoms with Gasteiger partial charge < -0.3 is 5.32 Å². The molecule has 1 aromatic heterocycles. The van der Waals surface area contributed by atoms with E-state index >= 15 is 0 Å². The highest BCUT2D eigenvalue weighted by Gasteiger charge is 2.24. The smallest absolute Gasteiger partial charge is 0.152 e. The van der Waals surface area contributed by atoms with Crippen LogP contribution in [0.3, 0.4) is 0 Å². The second-order valence-corrected chi connectivity index (χ2v) is 6.98. The second-order valence-electron chi connectivity index (χ2n) is 3.94. The fourth-order valence-electron chi connectivity index (χ4n) is 1.83. The zero-order valence-corrected chi connectivity index (χ0v) is 11.1. The number of halogens is 1. The minimum absolute atomic E-state index is 0.0134. The SMILES string of the molecule is O=S1(=O)CCCC(Nc2cccc(Br)n2)C1. The molecule has 0 radical (unpaired) electrons. The maximum Gasteiger partial charge on any atom is 0.152 e. The van der Waals surface area contributed by atoms with E-state index in [0.717, 1.165) is 23.3 Å². The standard InChI is InChI=1S/C10H13BrN2O2S/c11-9-4-1-5-10(13-9)12-8-3-2-6-16(14,15)7-8/h1,4-5,8H,2-3,6-7H2,(H,12,13). The van der Waals surface area contributed by atoms with Crippen LogP contribution in [0.15, 0.2) is 22.8 Å². The monoisotopic (exact) mass is 304 g/mol. The summed E-state index contributed by atoms with van der Waals surface area (Å²) in [6, 6.07) is 5.53. The summed E-state index contributed by atoms with van der Waals surface area (Å²) in [5.74, 6) is 1.25. The number of hydrogen-bond acceptors (Lipinski definition) is 4. The molecule has 1 aliphatic heterocycles. The highest BCUT2D eigenvalue weighted by molar-refractivity contribution is 9.10. The number of pyridine rings is 1. The molecule has 1 N–H and O–H groups in total. The van der Waals surface area contributed by atoms with Gasteiger partial charge in [-0.25, -0.2) is 13.4 Å². The third-order valence-corrected chi connectivity index (χ3v) is 4.79. The van der Waals surface area contributed by atoms with Crippen LogP contribution in [-0.4, -0.2) is 30.9 Å². The molecule has 1 fully saturated rings. The second kappa shape index (κ2) is 4.71. The summed E-state index contributed by atoms with van der Waals surface area (Å²) in [7, 11) is -2.86. The number of sulfone groups is 1. The molecule has 1 aromatic rings. The van der Waals surface area contributed by atoms with E-state index in [1.165, 1.54) is 0 Å². The molecule has 1 saturated heterocycles. The maximum absolute atomic E-state index is 11.4. The van der Waals surface area contributed by atoms with Gasteiger partial charge in [-0.1, -0.05) is 6.07 Å². The van der Waals surface area contributed by atoms with Crippen LogP contribution in [0.25, 0.3) is 0 Å². The molecule has 0 aliphatic carbocycles. The van der Waals surface area contributed by atoms with Gasteiger partial charge in [0.15, 0.2) is 9.84 Å². The third kappa shape index (κ3) is 3.18. The van der Waals surface area contributed by atoms with Crippen molar-refractivity contribution in [2.45, 2.75) is 18.9 Å². The lowest BCUT2D eigenvalue weighted by molar-refractivity contribution is 0.561. The Labute approximate surface area is 104 Å². The van der Waals surface area contributed by atoms with Crippen molar-refractivity contribution < 1.29 is 8.42 Å². The van der Waals surface area contributed by atoms with Gasteiger partial charge in [-0.3, -0.25) is 0 Å². The van der Waals surface area contributed by atoms with Crippen LogP contribution in [0.5, 0.6) is 0 Å². The Bertz CT molecular complexity index is 475. The third-order valence-electron chi connectivity index (χ3n) is 2.53. The molecule has 88 valence electrons. The minimum atomic E-state index is -2.86. The lowest BCUT2D eigenvalue weighted by atomic mass is 10.2. The van der Waals surface area contributed by atoms with E-state index in [-0.39, 0.29) is 11.8 Å². The zero-order valence-electron chi connectivity index (χ0n) is 8.69. The van der Waals surface area contributed by atoms with Gasteiger partial charge in [0, 0.05) is 6.04 Å². The molecule has 1 aliphatic rings. The largest absolute Gasteiger partial charge is 0.366 e. The van der Waals surface area contributed by atoms with Crippen LogP contribution in [0, 0.1) is 0 Å². The van der Waals surface area contributed by atoms with Gasteiger partial charge in [-0.2, -0.15) is 0 Å². The number of nitrogens with zero attached hydrogens (tertiary/aromatic N) is 1. The summed E-state index contributed by atoms with van der Waals surface area (Å²) in [4.78, 5) is 4.23. The van der Waals surface area contributed by atoms with Crippen LogP contribution in [0.4, 0.5) is 5.82 Å². The lowest BCUT2D eigenvalue weighted by Crippen LogP contribution is -2.35. The number of anilines is 1. The van der Waals surface area contributed by atoms with E-state index in [9.17, 15) is 8.42 Å². The van der Waals surface area contributed by atoms with E-state index in [4.69, 9.17) is 0 Å². The lowest BCUT2D eigenvalue weighted by Gasteiger charge is -2.23. The van der Waals surface area contributed by atoms with Crippen molar-refractivity contribution in [2.75, 3.05) is 16.8 Å². The van der Waals surface area contributed by atoms with Crippen LogP contribution in [0.2, 0.25) is 0 Å². The molecule has 1 unspecified atom stereocenters. The summed E-state index contributed by atoms with van der Waals surface area (Å²) in [6.45, 7) is 0. The summed E-state index contributed by atoms with van der Waals surface area (Å²) < 4.78 is 23.6. The fraction of sp³-hybridized carbons (Fsp3) is 0.500. The highest BCUT2D eigenvalue weighted by atomic mass is 79.9. The summed E-state index contributed by atoms with van der Waals surface area (Å²) in [5.41, 5.74) is 0. The fourth-order valence-corrected chi connectivity index (χ4v) is 3.81. The average Bonchev–Trinajstić information content (AvgIpc) is 2.15. The summed E-state index contributed by atoms with van der Waals surface area (Å²) >= 11 is 3.28. The molecule has 1 atom stereocenters. The predicted molar refractivity (Wildman–Crippen MR) is 67.2 cm³/mol. The Morgan fingerprint density at radius 3 is 2.94 bits per heavy atom. The van der Waals surface area contributed by atoms with E-state index in [2.05, 4.69) is 26.2 Å². The number of aromatic nitrogens is 1. The number of nitrogens with one attached hydrogen (secondary N) is 1. The van der Waals surface area contributed by atoms with Crippen LogP contribution >= 0.6 is 15.9 Å². The van der Waals surface area contributed by atoms with Crippen molar-refractivity contribution in [3.63, 3.8) is 0 Å². The van der Waals surface area contributed by atoms with Crippen molar-refractivity contribution in [1.82, 2.24) is 4.98 Å². The first kappa shape index (κ1) is 11.9. The van der Waals surface area contributed by atoms with Gasteiger partial charge in [0.25, 0.3) is 0 Å². The van der Waals surface area contributed by atoms with Crippen LogP contribution in [0.1, 0.15) is 12.8 Å². The quantitative estimate of drug-likeness (QED) is 0.847. The van der Waals surface area contributed by atoms with E-state index in [0.29, 0.717) is 5.75 Å². The number of hydrogen-bond donors (Lipinski definition) is 1. The molecule has 2 heterocycles. The topological polar surface area (TPSA) is 59.1 Å². The molecule has 16 heavy (non-hydrogen) atoms. The van der Waals surface area contributed by atoms with Crippen molar-refractivity contribution in [3.05, 3.63) is 22.8 Å². The van der Waals surface area contributed by atoms with Crippen molar-refractivity contribution in [2.24, 2.45) is 0 Å². The molecule has 0 amide bonds. The molecule has 6 heteroatoms. The highest BCUT2D eigenvalue weighted by Crippen LogP contribution is 2.17. The normalized spacial score (nSPS) is 23.9. The first-order valence-electron chi connectivity index (χ1n) is 5.15. The van der Waals surface area contributed by atoms with Gasteiger partial charge in [-0.05, 0) is 40.9 Å². The summed E-state index contributed by atoms with van der Waals surface area (Å²) in [6.07, 6.45) is 1.61. The Morgan fingerprint density at radius 1 is 1.44 bits per heavy atom. The molecule has 0 saturated carbocycles. The Hall–Kier alpha value is -0.620. The zero-order chi connectivity index (χ0) is 11.6. The van der Waals surface area contributed by atoms with Crippen molar-refractivity contribution in [1.29, 1.82) is 0 Å².